The van der Waals surface area contributed by atoms with Crippen LogP contribution in [0.25, 0.3) is 11.0 Å². The summed E-state index contributed by atoms with van der Waals surface area (Å²) in [5.41, 5.74) is 2.07. The standard InChI is InChI=1S/C23H26N6O7/c30-11-14(10-20(33)34)26-22(35)17-5-2-8-28-19(32)7-6-16(23(36)29(17)28)27-18(31)9-13-3-1-4-15-21(13)25-12-24-15/h1,3-4,11-12,14,16-17H,2,5-10H2,(H,24,25)(H,26,35)(H,27,31)(H,33,34). The molecule has 4 N–H and O–H groups in total. The Bertz CT molecular complexity index is 1210. The second-order valence-corrected chi connectivity index (χ2v) is 8.76. The van der Waals surface area contributed by atoms with Crippen molar-refractivity contribution in [3.05, 3.63) is 30.1 Å². The van der Waals surface area contributed by atoms with Gasteiger partial charge in [-0.25, -0.2) is 9.99 Å². The van der Waals surface area contributed by atoms with Gasteiger partial charge in [-0.05, 0) is 30.9 Å². The van der Waals surface area contributed by atoms with E-state index in [9.17, 15) is 28.8 Å². The van der Waals surface area contributed by atoms with E-state index in [1.807, 2.05) is 6.07 Å². The summed E-state index contributed by atoms with van der Waals surface area (Å²) in [4.78, 5) is 81.4. The summed E-state index contributed by atoms with van der Waals surface area (Å²) in [7, 11) is 0. The van der Waals surface area contributed by atoms with Gasteiger partial charge in [0.1, 0.15) is 18.4 Å². The molecular weight excluding hydrogens is 472 g/mol. The predicted molar refractivity (Wildman–Crippen MR) is 123 cm³/mol. The maximum Gasteiger partial charge on any atom is 0.305 e. The molecule has 0 spiro atoms. The van der Waals surface area contributed by atoms with Crippen molar-refractivity contribution >= 4 is 46.9 Å². The molecule has 2 fully saturated rings. The van der Waals surface area contributed by atoms with E-state index in [1.165, 1.54) is 11.3 Å². The number of fused-ring (bicyclic) bond motifs is 2. The lowest BCUT2D eigenvalue weighted by atomic mass is 10.0. The summed E-state index contributed by atoms with van der Waals surface area (Å²) in [6, 6.07) is 1.93. The molecule has 2 aliphatic rings. The molecule has 1 aromatic heterocycles. The highest BCUT2D eigenvalue weighted by Gasteiger charge is 2.44. The SMILES string of the molecule is O=CC(CC(=O)O)NC(=O)C1CCCN2C(=O)CCC(NC(=O)Cc3cccc4[nH]cnc34)C(=O)N12. The van der Waals surface area contributed by atoms with Crippen LogP contribution < -0.4 is 10.6 Å². The van der Waals surface area contributed by atoms with Gasteiger partial charge in [0.15, 0.2) is 0 Å². The van der Waals surface area contributed by atoms with Crippen molar-refractivity contribution in [2.24, 2.45) is 0 Å². The van der Waals surface area contributed by atoms with Gasteiger partial charge in [-0.1, -0.05) is 12.1 Å². The molecule has 3 unspecified atom stereocenters. The lowest BCUT2D eigenvalue weighted by molar-refractivity contribution is -0.176. The number of aromatic nitrogens is 2. The van der Waals surface area contributed by atoms with Crippen LogP contribution in [0.3, 0.4) is 0 Å². The molecule has 0 radical (unpaired) electrons. The van der Waals surface area contributed by atoms with Gasteiger partial charge in [0.05, 0.1) is 36.2 Å². The molecule has 2 aliphatic heterocycles. The number of carboxylic acid groups (broad SMARTS) is 1. The Hall–Kier alpha value is -4.29. The zero-order valence-corrected chi connectivity index (χ0v) is 19.3. The van der Waals surface area contributed by atoms with Crippen LogP contribution in [0.2, 0.25) is 0 Å². The van der Waals surface area contributed by atoms with E-state index >= 15 is 0 Å². The normalized spacial score (nSPS) is 20.9. The van der Waals surface area contributed by atoms with Crippen LogP contribution in [0.1, 0.15) is 37.7 Å². The van der Waals surface area contributed by atoms with E-state index in [4.69, 9.17) is 5.11 Å². The number of nitrogens with one attached hydrogen (secondary N) is 3. The fourth-order valence-corrected chi connectivity index (χ4v) is 4.59. The van der Waals surface area contributed by atoms with Crippen molar-refractivity contribution in [1.29, 1.82) is 0 Å². The Morgan fingerprint density at radius 1 is 1.25 bits per heavy atom. The quantitative estimate of drug-likeness (QED) is 0.344. The minimum absolute atomic E-state index is 0.00749. The number of aldehydes is 1. The van der Waals surface area contributed by atoms with Crippen LogP contribution in [0, 0.1) is 0 Å². The number of H-pyrrole nitrogens is 1. The van der Waals surface area contributed by atoms with Gasteiger partial charge in [0.2, 0.25) is 17.7 Å². The molecule has 3 heterocycles. The second-order valence-electron chi connectivity index (χ2n) is 8.76. The topological polar surface area (TPSA) is 182 Å². The van der Waals surface area contributed by atoms with Gasteiger partial charge in [-0.3, -0.25) is 29.0 Å². The number of carbonyl (C=O) groups excluding carboxylic acids is 5. The molecule has 1 aromatic carbocycles. The van der Waals surface area contributed by atoms with E-state index in [1.54, 1.807) is 12.1 Å². The summed E-state index contributed by atoms with van der Waals surface area (Å²) >= 11 is 0. The molecule has 3 atom stereocenters. The van der Waals surface area contributed by atoms with Crippen LogP contribution in [-0.4, -0.2) is 85.6 Å². The number of aromatic amines is 1. The van der Waals surface area contributed by atoms with Gasteiger partial charge in [0.25, 0.3) is 5.91 Å². The smallest absolute Gasteiger partial charge is 0.305 e. The van der Waals surface area contributed by atoms with Crippen LogP contribution in [0.5, 0.6) is 0 Å². The highest BCUT2D eigenvalue weighted by molar-refractivity contribution is 5.96. The Balaban J connectivity index is 1.50. The van der Waals surface area contributed by atoms with Crippen LogP contribution in [-0.2, 0) is 35.2 Å². The summed E-state index contributed by atoms with van der Waals surface area (Å²) < 4.78 is 0. The fourth-order valence-electron chi connectivity index (χ4n) is 4.59. The number of carboxylic acids is 1. The van der Waals surface area contributed by atoms with Gasteiger partial charge >= 0.3 is 5.97 Å². The van der Waals surface area contributed by atoms with Crippen LogP contribution in [0.4, 0.5) is 0 Å². The van der Waals surface area contributed by atoms with E-state index in [2.05, 4.69) is 20.6 Å². The van der Waals surface area contributed by atoms with E-state index in [0.29, 0.717) is 23.8 Å². The first-order valence-electron chi connectivity index (χ1n) is 11.6. The summed E-state index contributed by atoms with van der Waals surface area (Å²) in [5, 5.41) is 16.2. The largest absolute Gasteiger partial charge is 0.481 e. The van der Waals surface area contributed by atoms with Crippen molar-refractivity contribution in [2.45, 2.75) is 56.7 Å². The van der Waals surface area contributed by atoms with Crippen LogP contribution >= 0.6 is 0 Å². The third kappa shape index (κ3) is 5.19. The Kier molecular flexibility index (Phi) is 7.27. The molecule has 0 bridgehead atoms. The first-order valence-corrected chi connectivity index (χ1v) is 11.6. The Morgan fingerprint density at radius 3 is 2.81 bits per heavy atom. The molecule has 13 heteroatoms. The molecule has 0 aliphatic carbocycles. The van der Waals surface area contributed by atoms with Crippen molar-refractivity contribution in [1.82, 2.24) is 30.6 Å². The number of hydrazine groups is 1. The number of imidazole rings is 1. The highest BCUT2D eigenvalue weighted by atomic mass is 16.4. The number of benzene rings is 1. The van der Waals surface area contributed by atoms with Crippen LogP contribution in [0.15, 0.2) is 24.5 Å². The molecule has 2 aromatic rings. The van der Waals surface area contributed by atoms with E-state index < -0.39 is 48.2 Å². The maximum atomic E-state index is 13.5. The molecule has 2 saturated heterocycles. The minimum Gasteiger partial charge on any atom is -0.481 e. The van der Waals surface area contributed by atoms with Gasteiger partial charge in [-0.15, -0.1) is 0 Å². The van der Waals surface area contributed by atoms with Crippen molar-refractivity contribution in [3.63, 3.8) is 0 Å². The number of carbonyl (C=O) groups is 6. The maximum absolute atomic E-state index is 13.5. The van der Waals surface area contributed by atoms with Gasteiger partial charge in [0, 0.05) is 13.0 Å². The zero-order valence-electron chi connectivity index (χ0n) is 19.3. The monoisotopic (exact) mass is 498 g/mol. The zero-order chi connectivity index (χ0) is 25.8. The number of para-hydroxylation sites is 1. The number of amides is 4. The molecule has 0 saturated carbocycles. The van der Waals surface area contributed by atoms with Crippen molar-refractivity contribution in [2.75, 3.05) is 6.54 Å². The summed E-state index contributed by atoms with van der Waals surface area (Å²) in [6.45, 7) is 0.225. The summed E-state index contributed by atoms with van der Waals surface area (Å²) in [6.07, 6.45) is 1.88. The molecule has 36 heavy (non-hydrogen) atoms. The Labute approximate surface area is 205 Å². The third-order valence-electron chi connectivity index (χ3n) is 6.27. The minimum atomic E-state index is -1.27. The lowest BCUT2D eigenvalue weighted by Gasteiger charge is -2.43. The first kappa shape index (κ1) is 24.8. The molecule has 190 valence electrons. The lowest BCUT2D eigenvalue weighted by Crippen LogP contribution is -2.64. The average molecular weight is 498 g/mol. The first-order chi connectivity index (χ1) is 17.3. The van der Waals surface area contributed by atoms with Crippen molar-refractivity contribution < 1.29 is 33.9 Å². The van der Waals surface area contributed by atoms with Gasteiger partial charge in [-0.2, -0.15) is 0 Å². The molecular formula is C23H26N6O7. The van der Waals surface area contributed by atoms with Gasteiger partial charge < -0.3 is 25.5 Å². The van der Waals surface area contributed by atoms with Crippen molar-refractivity contribution in [3.8, 4) is 0 Å². The third-order valence-corrected chi connectivity index (χ3v) is 6.27. The molecule has 4 rings (SSSR count). The Morgan fingerprint density at radius 2 is 2.06 bits per heavy atom. The fraction of sp³-hybridized carbons (Fsp3) is 0.435. The number of hydrogen-bond donors (Lipinski definition) is 4. The van der Waals surface area contributed by atoms with E-state index in [-0.39, 0.29) is 38.1 Å². The molecule has 4 amide bonds. The number of rotatable bonds is 8. The van der Waals surface area contributed by atoms with E-state index in [0.717, 1.165) is 10.5 Å². The summed E-state index contributed by atoms with van der Waals surface area (Å²) in [5.74, 6) is -3.43. The number of aliphatic carboxylic acids is 1. The highest BCUT2D eigenvalue weighted by Crippen LogP contribution is 2.25. The average Bonchev–Trinajstić information content (AvgIpc) is 3.30. The number of nitrogens with zero attached hydrogens (tertiary/aromatic N) is 3. The molecule has 13 nitrogen and oxygen atoms in total. The number of hydrogen-bond acceptors (Lipinski definition) is 7. The predicted octanol–water partition coefficient (Wildman–Crippen LogP) is -0.723. The second kappa shape index (κ2) is 10.5.